The van der Waals surface area contributed by atoms with E-state index in [2.05, 4.69) is 29.3 Å². The Labute approximate surface area is 152 Å². The minimum Gasteiger partial charge on any atom is -0.372 e. The van der Waals surface area contributed by atoms with Crippen molar-refractivity contribution in [3.8, 4) is 5.69 Å². The SMILES string of the molecule is Cc1cccc(-n2c(C)nnc2SCC(=O)N2C[C@H](C)O[C@@H](C)C2)c1. The molecule has 0 saturated carbocycles. The summed E-state index contributed by atoms with van der Waals surface area (Å²) in [4.78, 5) is 14.4. The molecule has 1 saturated heterocycles. The highest BCUT2D eigenvalue weighted by atomic mass is 32.2. The van der Waals surface area contributed by atoms with Crippen LogP contribution in [0.2, 0.25) is 0 Å². The predicted molar refractivity (Wildman–Crippen MR) is 98.1 cm³/mol. The molecule has 2 aromatic rings. The molecule has 1 aromatic heterocycles. The van der Waals surface area contributed by atoms with Gasteiger partial charge in [0.05, 0.1) is 18.0 Å². The van der Waals surface area contributed by atoms with Crippen LogP contribution >= 0.6 is 11.8 Å². The quantitative estimate of drug-likeness (QED) is 0.785. The van der Waals surface area contributed by atoms with Crippen LogP contribution in [0.5, 0.6) is 0 Å². The second-order valence-corrected chi connectivity index (χ2v) is 7.49. The van der Waals surface area contributed by atoms with Crippen LogP contribution in [0.25, 0.3) is 5.69 Å². The maximum Gasteiger partial charge on any atom is 0.233 e. The fourth-order valence-electron chi connectivity index (χ4n) is 3.10. The van der Waals surface area contributed by atoms with Crippen LogP contribution in [-0.2, 0) is 9.53 Å². The molecule has 0 unspecified atom stereocenters. The molecule has 6 nitrogen and oxygen atoms in total. The van der Waals surface area contributed by atoms with Gasteiger partial charge in [0, 0.05) is 18.8 Å². The Morgan fingerprint density at radius 2 is 1.96 bits per heavy atom. The maximum absolute atomic E-state index is 12.6. The van der Waals surface area contributed by atoms with E-state index in [4.69, 9.17) is 4.74 Å². The first-order chi connectivity index (χ1) is 11.9. The van der Waals surface area contributed by atoms with E-state index in [1.807, 2.05) is 42.4 Å². The number of carbonyl (C=O) groups excluding carboxylic acids is 1. The van der Waals surface area contributed by atoms with Crippen LogP contribution in [0, 0.1) is 13.8 Å². The van der Waals surface area contributed by atoms with Gasteiger partial charge in [-0.05, 0) is 45.4 Å². The summed E-state index contributed by atoms with van der Waals surface area (Å²) < 4.78 is 7.69. The lowest BCUT2D eigenvalue weighted by atomic mass is 10.2. The molecule has 7 heteroatoms. The highest BCUT2D eigenvalue weighted by Crippen LogP contribution is 2.23. The molecular weight excluding hydrogens is 336 g/mol. The first kappa shape index (κ1) is 17.9. The Morgan fingerprint density at radius 1 is 1.24 bits per heavy atom. The molecule has 1 aromatic carbocycles. The molecule has 3 rings (SSSR count). The van der Waals surface area contributed by atoms with Gasteiger partial charge in [-0.2, -0.15) is 0 Å². The van der Waals surface area contributed by atoms with Crippen LogP contribution in [0.1, 0.15) is 25.2 Å². The normalized spacial score (nSPS) is 20.7. The summed E-state index contributed by atoms with van der Waals surface area (Å²) in [6.07, 6.45) is 0.159. The number of aromatic nitrogens is 3. The third kappa shape index (κ3) is 4.22. The molecule has 25 heavy (non-hydrogen) atoms. The Hall–Kier alpha value is -1.86. The second kappa shape index (κ2) is 7.58. The summed E-state index contributed by atoms with van der Waals surface area (Å²) >= 11 is 1.43. The molecule has 0 aliphatic carbocycles. The van der Waals surface area contributed by atoms with Crippen LogP contribution in [0.15, 0.2) is 29.4 Å². The van der Waals surface area contributed by atoms with Gasteiger partial charge in [-0.25, -0.2) is 0 Å². The topological polar surface area (TPSA) is 60.2 Å². The number of hydrogen-bond donors (Lipinski definition) is 0. The van der Waals surface area contributed by atoms with E-state index in [9.17, 15) is 4.79 Å². The molecule has 0 bridgehead atoms. The zero-order valence-corrected chi connectivity index (χ0v) is 15.9. The number of carbonyl (C=O) groups is 1. The van der Waals surface area contributed by atoms with Crippen molar-refractivity contribution in [3.63, 3.8) is 0 Å². The van der Waals surface area contributed by atoms with Gasteiger partial charge >= 0.3 is 0 Å². The van der Waals surface area contributed by atoms with Crippen LogP contribution < -0.4 is 0 Å². The lowest BCUT2D eigenvalue weighted by Crippen LogP contribution is -2.48. The van der Waals surface area contributed by atoms with Gasteiger partial charge < -0.3 is 9.64 Å². The summed E-state index contributed by atoms with van der Waals surface area (Å²) in [5, 5.41) is 9.18. The Bertz CT molecular complexity index is 751. The number of ether oxygens (including phenoxy) is 1. The molecule has 134 valence electrons. The third-order valence-electron chi connectivity index (χ3n) is 4.15. The van der Waals surface area contributed by atoms with Crippen molar-refractivity contribution in [3.05, 3.63) is 35.7 Å². The number of benzene rings is 1. The number of thioether (sulfide) groups is 1. The average Bonchev–Trinajstić information content (AvgIpc) is 2.92. The Morgan fingerprint density at radius 3 is 2.64 bits per heavy atom. The van der Waals surface area contributed by atoms with Crippen molar-refractivity contribution >= 4 is 17.7 Å². The number of amides is 1. The monoisotopic (exact) mass is 360 g/mol. The molecule has 0 spiro atoms. The number of rotatable bonds is 4. The summed E-state index contributed by atoms with van der Waals surface area (Å²) in [5.41, 5.74) is 2.19. The minimum absolute atomic E-state index is 0.0795. The number of morpholine rings is 1. The first-order valence-electron chi connectivity index (χ1n) is 8.49. The molecule has 1 amide bonds. The van der Waals surface area contributed by atoms with Crippen molar-refractivity contribution in [1.29, 1.82) is 0 Å². The largest absolute Gasteiger partial charge is 0.372 e. The zero-order valence-electron chi connectivity index (χ0n) is 15.1. The van der Waals surface area contributed by atoms with E-state index in [0.29, 0.717) is 18.8 Å². The van der Waals surface area contributed by atoms with Gasteiger partial charge in [-0.15, -0.1) is 10.2 Å². The lowest BCUT2D eigenvalue weighted by molar-refractivity contribution is -0.140. The number of aryl methyl sites for hydroxylation is 2. The molecule has 1 aliphatic heterocycles. The van der Waals surface area contributed by atoms with Gasteiger partial charge in [0.1, 0.15) is 5.82 Å². The van der Waals surface area contributed by atoms with Crippen molar-refractivity contribution in [2.75, 3.05) is 18.8 Å². The average molecular weight is 360 g/mol. The van der Waals surface area contributed by atoms with Crippen molar-refractivity contribution in [1.82, 2.24) is 19.7 Å². The first-order valence-corrected chi connectivity index (χ1v) is 9.47. The molecule has 1 aliphatic rings. The summed E-state index contributed by atoms with van der Waals surface area (Å²) in [6.45, 7) is 9.27. The Balaban J connectivity index is 1.71. The van der Waals surface area contributed by atoms with Crippen LogP contribution in [-0.4, -0.2) is 56.6 Å². The summed E-state index contributed by atoms with van der Waals surface area (Å²) in [7, 11) is 0. The third-order valence-corrected chi connectivity index (χ3v) is 5.07. The fraction of sp³-hybridized carbons (Fsp3) is 0.500. The van der Waals surface area contributed by atoms with Gasteiger partial charge in [0.2, 0.25) is 5.91 Å². The minimum atomic E-state index is 0.0795. The van der Waals surface area contributed by atoms with Crippen LogP contribution in [0.3, 0.4) is 0 Å². The Kier molecular flexibility index (Phi) is 5.44. The van der Waals surface area contributed by atoms with E-state index in [1.54, 1.807) is 0 Å². The summed E-state index contributed by atoms with van der Waals surface area (Å²) in [6, 6.07) is 8.19. The van der Waals surface area contributed by atoms with Crippen molar-refractivity contribution in [2.45, 2.75) is 45.1 Å². The highest BCUT2D eigenvalue weighted by Gasteiger charge is 2.26. The van der Waals surface area contributed by atoms with E-state index >= 15 is 0 Å². The smallest absolute Gasteiger partial charge is 0.233 e. The molecular formula is C18H24N4O2S. The maximum atomic E-state index is 12.6. The molecule has 0 N–H and O–H groups in total. The molecule has 2 heterocycles. The molecule has 1 fully saturated rings. The molecule has 2 atom stereocenters. The van der Waals surface area contributed by atoms with Crippen LogP contribution in [0.4, 0.5) is 0 Å². The second-order valence-electron chi connectivity index (χ2n) is 6.55. The fourth-order valence-corrected chi connectivity index (χ4v) is 4.00. The number of nitrogens with zero attached hydrogens (tertiary/aromatic N) is 4. The van der Waals surface area contributed by atoms with Crippen molar-refractivity contribution in [2.24, 2.45) is 0 Å². The van der Waals surface area contributed by atoms with E-state index in [0.717, 1.165) is 16.7 Å². The van der Waals surface area contributed by atoms with Gasteiger partial charge in [-0.1, -0.05) is 23.9 Å². The molecule has 0 radical (unpaired) electrons. The van der Waals surface area contributed by atoms with E-state index in [1.165, 1.54) is 17.3 Å². The highest BCUT2D eigenvalue weighted by molar-refractivity contribution is 7.99. The van der Waals surface area contributed by atoms with Gasteiger partial charge in [0.15, 0.2) is 5.16 Å². The number of hydrogen-bond acceptors (Lipinski definition) is 5. The standard InChI is InChI=1S/C18H24N4O2S/c1-12-6-5-7-16(8-12)22-15(4)19-20-18(22)25-11-17(23)21-9-13(2)24-14(3)10-21/h5-8,13-14H,9-11H2,1-4H3/t13-,14-/m0/s1. The van der Waals surface area contributed by atoms with Gasteiger partial charge in [-0.3, -0.25) is 9.36 Å². The van der Waals surface area contributed by atoms with E-state index in [-0.39, 0.29) is 18.1 Å². The lowest BCUT2D eigenvalue weighted by Gasteiger charge is -2.35. The summed E-state index contributed by atoms with van der Waals surface area (Å²) in [5.74, 6) is 1.28. The van der Waals surface area contributed by atoms with Crippen molar-refractivity contribution < 1.29 is 9.53 Å². The van der Waals surface area contributed by atoms with E-state index < -0.39 is 0 Å². The van der Waals surface area contributed by atoms with Gasteiger partial charge in [0.25, 0.3) is 0 Å². The predicted octanol–water partition coefficient (Wildman–Crippen LogP) is 2.61. The zero-order chi connectivity index (χ0) is 18.0.